The Bertz CT molecular complexity index is 2860. The van der Waals surface area contributed by atoms with Crippen molar-refractivity contribution >= 4 is 53.4 Å². The highest BCUT2D eigenvalue weighted by molar-refractivity contribution is 7.26. The third-order valence-electron chi connectivity index (χ3n) is 9.37. The molecule has 10 aromatic rings. The minimum absolute atomic E-state index is 0.601. The van der Waals surface area contributed by atoms with E-state index < -0.39 is 0 Å². The lowest BCUT2D eigenvalue weighted by atomic mass is 9.99. The summed E-state index contributed by atoms with van der Waals surface area (Å²) in [5.74, 6) is 1.85. The Kier molecular flexibility index (Phi) is 6.64. The van der Waals surface area contributed by atoms with Crippen molar-refractivity contribution in [3.05, 3.63) is 164 Å². The highest BCUT2D eigenvalue weighted by Crippen LogP contribution is 2.44. The van der Waals surface area contributed by atoms with E-state index in [1.807, 2.05) is 65.9 Å². The van der Waals surface area contributed by atoms with Crippen molar-refractivity contribution in [1.82, 2.24) is 15.0 Å². The average molecular weight is 658 g/mol. The van der Waals surface area contributed by atoms with E-state index in [-0.39, 0.29) is 0 Å². The number of furan rings is 1. The maximum absolute atomic E-state index is 6.21. The predicted molar refractivity (Wildman–Crippen MR) is 207 cm³/mol. The Balaban J connectivity index is 1.07. The largest absolute Gasteiger partial charge is 0.456 e. The second-order valence-electron chi connectivity index (χ2n) is 12.4. The van der Waals surface area contributed by atoms with Gasteiger partial charge >= 0.3 is 0 Å². The molecule has 10 rings (SSSR count). The molecule has 50 heavy (non-hydrogen) atoms. The molecular formula is C45H27N3OS. The van der Waals surface area contributed by atoms with Gasteiger partial charge in [0.2, 0.25) is 0 Å². The molecule has 3 aromatic heterocycles. The molecule has 0 aliphatic rings. The summed E-state index contributed by atoms with van der Waals surface area (Å²) in [5, 5.41) is 4.73. The van der Waals surface area contributed by atoms with E-state index in [0.29, 0.717) is 17.5 Å². The first kappa shape index (κ1) is 28.6. The fourth-order valence-corrected chi connectivity index (χ4v) is 8.28. The Labute approximate surface area is 292 Å². The molecule has 234 valence electrons. The normalized spacial score (nSPS) is 11.6. The van der Waals surface area contributed by atoms with Crippen molar-refractivity contribution in [2.24, 2.45) is 0 Å². The van der Waals surface area contributed by atoms with E-state index in [1.54, 1.807) is 0 Å². The van der Waals surface area contributed by atoms with Gasteiger partial charge in [-0.2, -0.15) is 0 Å². The highest BCUT2D eigenvalue weighted by Gasteiger charge is 2.17. The minimum atomic E-state index is 0.601. The molecule has 4 nitrogen and oxygen atoms in total. The third kappa shape index (κ3) is 4.79. The number of nitrogens with zero attached hydrogens (tertiary/aromatic N) is 3. The van der Waals surface area contributed by atoms with Crippen LogP contribution in [0.4, 0.5) is 0 Å². The van der Waals surface area contributed by atoms with E-state index in [9.17, 15) is 0 Å². The summed E-state index contributed by atoms with van der Waals surface area (Å²) in [6, 6.07) is 56.9. The molecule has 0 saturated heterocycles. The topological polar surface area (TPSA) is 51.8 Å². The predicted octanol–water partition coefficient (Wildman–Crippen LogP) is 12.5. The second-order valence-corrected chi connectivity index (χ2v) is 13.4. The lowest BCUT2D eigenvalue weighted by Crippen LogP contribution is -2.00. The van der Waals surface area contributed by atoms with Crippen LogP contribution in [0.1, 0.15) is 0 Å². The van der Waals surface area contributed by atoms with Crippen molar-refractivity contribution in [1.29, 1.82) is 0 Å². The average Bonchev–Trinajstić information content (AvgIpc) is 3.77. The summed E-state index contributed by atoms with van der Waals surface area (Å²) >= 11 is 1.87. The van der Waals surface area contributed by atoms with Gasteiger partial charge in [-0.1, -0.05) is 146 Å². The lowest BCUT2D eigenvalue weighted by Gasteiger charge is -2.09. The van der Waals surface area contributed by atoms with Crippen molar-refractivity contribution in [2.75, 3.05) is 0 Å². The van der Waals surface area contributed by atoms with Crippen LogP contribution in [0.3, 0.4) is 0 Å². The monoisotopic (exact) mass is 657 g/mol. The van der Waals surface area contributed by atoms with Gasteiger partial charge in [-0.05, 0) is 40.5 Å². The quantitative estimate of drug-likeness (QED) is 0.185. The molecule has 0 amide bonds. The van der Waals surface area contributed by atoms with E-state index in [4.69, 9.17) is 19.4 Å². The molecular weight excluding hydrogens is 631 g/mol. The van der Waals surface area contributed by atoms with Gasteiger partial charge < -0.3 is 4.42 Å². The Morgan fingerprint density at radius 1 is 0.340 bits per heavy atom. The van der Waals surface area contributed by atoms with E-state index in [0.717, 1.165) is 44.2 Å². The van der Waals surface area contributed by atoms with Crippen LogP contribution in [0.15, 0.2) is 168 Å². The fraction of sp³-hybridized carbons (Fsp3) is 0. The van der Waals surface area contributed by atoms with Gasteiger partial charge in [0.05, 0.1) is 0 Å². The number of rotatable bonds is 5. The number of fused-ring (bicyclic) bond motifs is 6. The highest BCUT2D eigenvalue weighted by atomic mass is 32.1. The van der Waals surface area contributed by atoms with Crippen molar-refractivity contribution in [3.63, 3.8) is 0 Å². The smallest absolute Gasteiger partial charge is 0.164 e. The molecule has 0 saturated carbocycles. The van der Waals surface area contributed by atoms with Crippen LogP contribution >= 0.6 is 11.3 Å². The fourth-order valence-electron chi connectivity index (χ4n) is 6.91. The minimum Gasteiger partial charge on any atom is -0.456 e. The Morgan fingerprint density at radius 3 is 1.46 bits per heavy atom. The van der Waals surface area contributed by atoms with Crippen molar-refractivity contribution in [2.45, 2.75) is 0 Å². The van der Waals surface area contributed by atoms with Crippen molar-refractivity contribution in [3.8, 4) is 56.4 Å². The van der Waals surface area contributed by atoms with Gasteiger partial charge in [-0.25, -0.2) is 15.0 Å². The zero-order valence-corrected chi connectivity index (χ0v) is 27.6. The molecule has 0 aliphatic carbocycles. The number of aromatic nitrogens is 3. The number of benzene rings is 7. The first-order chi connectivity index (χ1) is 24.8. The summed E-state index contributed by atoms with van der Waals surface area (Å²) in [6.45, 7) is 0. The summed E-state index contributed by atoms with van der Waals surface area (Å²) in [7, 11) is 0. The molecule has 0 fully saturated rings. The summed E-state index contributed by atoms with van der Waals surface area (Å²) in [5.41, 5.74) is 9.28. The number of thiophene rings is 1. The zero-order chi connectivity index (χ0) is 33.0. The summed E-state index contributed by atoms with van der Waals surface area (Å²) in [4.78, 5) is 14.9. The molecule has 5 heteroatoms. The van der Waals surface area contributed by atoms with Gasteiger partial charge in [-0.15, -0.1) is 11.3 Å². The molecule has 0 radical (unpaired) electrons. The van der Waals surface area contributed by atoms with Crippen molar-refractivity contribution < 1.29 is 4.42 Å². The van der Waals surface area contributed by atoms with Gasteiger partial charge in [0.25, 0.3) is 0 Å². The van der Waals surface area contributed by atoms with Crippen LogP contribution in [0, 0.1) is 0 Å². The molecule has 0 spiro atoms. The molecule has 7 aromatic carbocycles. The second kappa shape index (κ2) is 11.6. The van der Waals surface area contributed by atoms with Gasteiger partial charge in [-0.3, -0.25) is 0 Å². The summed E-state index contributed by atoms with van der Waals surface area (Å²) in [6.07, 6.45) is 0. The van der Waals surface area contributed by atoms with Gasteiger partial charge in [0.1, 0.15) is 11.2 Å². The number of hydrogen-bond donors (Lipinski definition) is 0. The molecule has 0 atom stereocenters. The zero-order valence-electron chi connectivity index (χ0n) is 26.7. The molecule has 0 aliphatic heterocycles. The molecule has 3 heterocycles. The summed E-state index contributed by atoms with van der Waals surface area (Å²) < 4.78 is 8.80. The lowest BCUT2D eigenvalue weighted by molar-refractivity contribution is 0.669. The maximum Gasteiger partial charge on any atom is 0.164 e. The van der Waals surface area contributed by atoms with Crippen LogP contribution in [-0.2, 0) is 0 Å². The van der Waals surface area contributed by atoms with Crippen LogP contribution in [0.25, 0.3) is 98.5 Å². The Hall–Kier alpha value is -6.43. The van der Waals surface area contributed by atoms with E-state index in [2.05, 4.69) is 109 Å². The molecule has 0 N–H and O–H groups in total. The third-order valence-corrected chi connectivity index (χ3v) is 10.7. The van der Waals surface area contributed by atoms with Crippen LogP contribution in [0.5, 0.6) is 0 Å². The molecule has 0 bridgehead atoms. The number of hydrogen-bond acceptors (Lipinski definition) is 5. The van der Waals surface area contributed by atoms with Crippen LogP contribution < -0.4 is 0 Å². The van der Waals surface area contributed by atoms with E-state index >= 15 is 0 Å². The van der Waals surface area contributed by atoms with Crippen LogP contribution in [0.2, 0.25) is 0 Å². The first-order valence-electron chi connectivity index (χ1n) is 16.6. The maximum atomic E-state index is 6.21. The van der Waals surface area contributed by atoms with Gasteiger partial charge in [0.15, 0.2) is 17.5 Å². The standard InChI is InChI=1S/C45H27N3OS/c1-3-11-28(12-4-1)33-16-9-18-37-38-19-10-17-34(42(38)50-41(33)37)29-21-23-31(24-22-29)44-46-43(30-13-5-2-6-14-30)47-45(48-44)32-25-26-36-35-15-7-8-20-39(35)49-40(36)27-32/h1-27H. The number of para-hydroxylation sites is 1. The SMILES string of the molecule is c1ccc(-c2nc(-c3ccc(-c4cccc5c4sc4c(-c6ccccc6)cccc45)cc3)nc(-c3ccc4c(c3)oc3ccccc34)n2)cc1. The van der Waals surface area contributed by atoms with Gasteiger partial charge in [0, 0.05) is 47.6 Å². The molecule has 0 unspecified atom stereocenters. The van der Waals surface area contributed by atoms with E-state index in [1.165, 1.54) is 36.9 Å². The Morgan fingerprint density at radius 2 is 0.800 bits per heavy atom. The first-order valence-corrected chi connectivity index (χ1v) is 17.4. The van der Waals surface area contributed by atoms with Crippen LogP contribution in [-0.4, -0.2) is 15.0 Å².